The Labute approximate surface area is 153 Å². The molecule has 9 heteroatoms. The van der Waals surface area contributed by atoms with Crippen LogP contribution in [-0.2, 0) is 21.1 Å². The van der Waals surface area contributed by atoms with Crippen LogP contribution in [0.15, 0.2) is 29.2 Å². The molecule has 1 saturated heterocycles. The highest BCUT2D eigenvalue weighted by molar-refractivity contribution is 7.90. The summed E-state index contributed by atoms with van der Waals surface area (Å²) in [5.41, 5.74) is 0.755. The lowest BCUT2D eigenvalue weighted by Gasteiger charge is -2.43. The molecule has 4 rings (SSSR count). The summed E-state index contributed by atoms with van der Waals surface area (Å²) in [6.45, 7) is 2.28. The van der Waals surface area contributed by atoms with Crippen LogP contribution < -0.4 is 0 Å². The van der Waals surface area contributed by atoms with Crippen LogP contribution in [0, 0.1) is 0 Å². The van der Waals surface area contributed by atoms with E-state index in [2.05, 4.69) is 20.4 Å². The highest BCUT2D eigenvalue weighted by Crippen LogP contribution is 2.29. The van der Waals surface area contributed by atoms with Gasteiger partial charge in [0, 0.05) is 18.8 Å². The molecule has 0 N–H and O–H groups in total. The Morgan fingerprint density at radius 2 is 1.96 bits per heavy atom. The third-order valence-corrected chi connectivity index (χ3v) is 6.36. The molecule has 1 aliphatic carbocycles. The standard InChI is InChI=1S/C17H23N5O3S/c1-26(23,24)14-8-6-13(7-9-14)22-17(18-19-20-22)12-21-10-11-25-16-5-3-2-4-15(16)21/h6-9,15-16H,2-5,10-12H2,1H3. The number of fused-ring (bicyclic) bond motifs is 1. The van der Waals surface area contributed by atoms with Crippen molar-refractivity contribution in [3.05, 3.63) is 30.1 Å². The van der Waals surface area contributed by atoms with Gasteiger partial charge in [-0.15, -0.1) is 5.10 Å². The largest absolute Gasteiger partial charge is 0.375 e. The number of hydrogen-bond acceptors (Lipinski definition) is 7. The summed E-state index contributed by atoms with van der Waals surface area (Å²) in [4.78, 5) is 2.70. The molecule has 1 aromatic heterocycles. The zero-order valence-corrected chi connectivity index (χ0v) is 15.6. The van der Waals surface area contributed by atoms with Crippen LogP contribution in [0.5, 0.6) is 0 Å². The lowest BCUT2D eigenvalue weighted by molar-refractivity contribution is -0.0919. The Morgan fingerprint density at radius 3 is 2.73 bits per heavy atom. The SMILES string of the molecule is CS(=O)(=O)c1ccc(-n2nnnc2CN2CCOC3CCCCC32)cc1. The Morgan fingerprint density at radius 1 is 1.19 bits per heavy atom. The second-order valence-corrected chi connectivity index (χ2v) is 9.02. The summed E-state index contributed by atoms with van der Waals surface area (Å²) in [6.07, 6.45) is 6.26. The third-order valence-electron chi connectivity index (χ3n) is 5.24. The summed E-state index contributed by atoms with van der Waals surface area (Å²) in [5.74, 6) is 0.753. The molecule has 2 unspecified atom stereocenters. The van der Waals surface area contributed by atoms with E-state index in [-0.39, 0.29) is 4.90 Å². The van der Waals surface area contributed by atoms with Crippen molar-refractivity contribution in [3.8, 4) is 5.69 Å². The first kappa shape index (κ1) is 17.6. The van der Waals surface area contributed by atoms with Crippen molar-refractivity contribution < 1.29 is 13.2 Å². The summed E-state index contributed by atoms with van der Waals surface area (Å²) in [7, 11) is -3.22. The van der Waals surface area contributed by atoms with Crippen LogP contribution in [0.4, 0.5) is 0 Å². The maximum absolute atomic E-state index is 11.6. The predicted molar refractivity (Wildman–Crippen MR) is 94.7 cm³/mol. The van der Waals surface area contributed by atoms with Gasteiger partial charge in [-0.2, -0.15) is 4.68 Å². The molecule has 0 bridgehead atoms. The minimum Gasteiger partial charge on any atom is -0.375 e. The van der Waals surface area contributed by atoms with Crippen LogP contribution in [0.2, 0.25) is 0 Å². The van der Waals surface area contributed by atoms with E-state index in [0.717, 1.165) is 37.5 Å². The highest BCUT2D eigenvalue weighted by atomic mass is 32.2. The van der Waals surface area contributed by atoms with Crippen molar-refractivity contribution in [1.29, 1.82) is 0 Å². The van der Waals surface area contributed by atoms with Gasteiger partial charge < -0.3 is 4.74 Å². The van der Waals surface area contributed by atoms with E-state index in [1.807, 2.05) is 0 Å². The number of benzene rings is 1. The van der Waals surface area contributed by atoms with Crippen molar-refractivity contribution in [3.63, 3.8) is 0 Å². The zero-order valence-electron chi connectivity index (χ0n) is 14.8. The van der Waals surface area contributed by atoms with Crippen molar-refractivity contribution in [2.75, 3.05) is 19.4 Å². The molecule has 0 spiro atoms. The second kappa shape index (κ2) is 7.05. The summed E-state index contributed by atoms with van der Waals surface area (Å²) >= 11 is 0. The van der Waals surface area contributed by atoms with Gasteiger partial charge in [0.1, 0.15) is 0 Å². The van der Waals surface area contributed by atoms with E-state index in [0.29, 0.717) is 18.7 Å². The van der Waals surface area contributed by atoms with Gasteiger partial charge in [-0.3, -0.25) is 4.90 Å². The summed E-state index contributed by atoms with van der Waals surface area (Å²) in [5, 5.41) is 12.1. The van der Waals surface area contributed by atoms with Gasteiger partial charge in [0.25, 0.3) is 0 Å². The molecule has 2 heterocycles. The number of rotatable bonds is 4. The minimum absolute atomic E-state index is 0.286. The predicted octanol–water partition coefficient (Wildman–Crippen LogP) is 1.21. The van der Waals surface area contributed by atoms with Crippen LogP contribution in [0.3, 0.4) is 0 Å². The molecular weight excluding hydrogens is 354 g/mol. The first-order valence-electron chi connectivity index (χ1n) is 8.96. The van der Waals surface area contributed by atoms with Gasteiger partial charge in [0.15, 0.2) is 15.7 Å². The molecule has 2 fully saturated rings. The number of hydrogen-bond donors (Lipinski definition) is 0. The molecule has 2 atom stereocenters. The normalized spacial score (nSPS) is 24.3. The quantitative estimate of drug-likeness (QED) is 0.791. The van der Waals surface area contributed by atoms with Crippen molar-refractivity contribution in [1.82, 2.24) is 25.1 Å². The molecule has 0 radical (unpaired) electrons. The number of sulfone groups is 1. The molecule has 2 aromatic rings. The first-order valence-corrected chi connectivity index (χ1v) is 10.8. The number of morpholine rings is 1. The van der Waals surface area contributed by atoms with E-state index >= 15 is 0 Å². The van der Waals surface area contributed by atoms with Gasteiger partial charge in [-0.05, 0) is 47.5 Å². The maximum atomic E-state index is 11.6. The Hall–Kier alpha value is -1.84. The average Bonchev–Trinajstić information content (AvgIpc) is 3.10. The van der Waals surface area contributed by atoms with Crippen LogP contribution in [0.25, 0.3) is 5.69 Å². The smallest absolute Gasteiger partial charge is 0.175 e. The fraction of sp³-hybridized carbons (Fsp3) is 0.588. The minimum atomic E-state index is -3.22. The average molecular weight is 377 g/mol. The van der Waals surface area contributed by atoms with E-state index in [9.17, 15) is 8.42 Å². The topological polar surface area (TPSA) is 90.2 Å². The van der Waals surface area contributed by atoms with Crippen molar-refractivity contribution >= 4 is 9.84 Å². The van der Waals surface area contributed by atoms with Crippen LogP contribution >= 0.6 is 0 Å². The fourth-order valence-corrected chi connectivity index (χ4v) is 4.52. The lowest BCUT2D eigenvalue weighted by Crippen LogP contribution is -2.52. The van der Waals surface area contributed by atoms with E-state index in [1.54, 1.807) is 28.9 Å². The number of tetrazole rings is 1. The maximum Gasteiger partial charge on any atom is 0.175 e. The molecule has 8 nitrogen and oxygen atoms in total. The summed E-state index contributed by atoms with van der Waals surface area (Å²) in [6, 6.07) is 7.07. The van der Waals surface area contributed by atoms with Gasteiger partial charge in [-0.1, -0.05) is 12.8 Å². The van der Waals surface area contributed by atoms with Gasteiger partial charge in [-0.25, -0.2) is 8.42 Å². The van der Waals surface area contributed by atoms with E-state index in [4.69, 9.17) is 4.74 Å². The Balaban J connectivity index is 1.55. The molecule has 26 heavy (non-hydrogen) atoms. The molecule has 2 aliphatic rings. The Kier molecular flexibility index (Phi) is 4.76. The molecule has 1 aromatic carbocycles. The summed E-state index contributed by atoms with van der Waals surface area (Å²) < 4.78 is 30.9. The number of ether oxygens (including phenoxy) is 1. The Bertz CT molecular complexity index is 863. The number of aromatic nitrogens is 4. The molecule has 0 amide bonds. The molecule has 1 saturated carbocycles. The molecule has 140 valence electrons. The monoisotopic (exact) mass is 377 g/mol. The molecular formula is C17H23N5O3S. The van der Waals surface area contributed by atoms with Gasteiger partial charge in [0.2, 0.25) is 0 Å². The van der Waals surface area contributed by atoms with Crippen LogP contribution in [-0.4, -0.2) is 65.1 Å². The van der Waals surface area contributed by atoms with E-state index < -0.39 is 9.84 Å². The van der Waals surface area contributed by atoms with E-state index in [1.165, 1.54) is 19.1 Å². The zero-order chi connectivity index (χ0) is 18.1. The highest BCUT2D eigenvalue weighted by Gasteiger charge is 2.34. The van der Waals surface area contributed by atoms with Gasteiger partial charge >= 0.3 is 0 Å². The third kappa shape index (κ3) is 3.51. The van der Waals surface area contributed by atoms with Gasteiger partial charge in [0.05, 0.1) is 29.8 Å². The van der Waals surface area contributed by atoms with Crippen molar-refractivity contribution in [2.45, 2.75) is 49.3 Å². The first-order chi connectivity index (χ1) is 12.5. The van der Waals surface area contributed by atoms with Crippen LogP contribution in [0.1, 0.15) is 31.5 Å². The number of nitrogens with zero attached hydrogens (tertiary/aromatic N) is 5. The van der Waals surface area contributed by atoms with Crippen molar-refractivity contribution in [2.24, 2.45) is 0 Å². The molecule has 1 aliphatic heterocycles. The lowest BCUT2D eigenvalue weighted by atomic mass is 9.90. The second-order valence-electron chi connectivity index (χ2n) is 7.00. The fourth-order valence-electron chi connectivity index (χ4n) is 3.89.